The number of aldehydes is 1. The van der Waals surface area contributed by atoms with Gasteiger partial charge < -0.3 is 4.74 Å². The predicted octanol–water partition coefficient (Wildman–Crippen LogP) is 2.05. The Morgan fingerprint density at radius 2 is 1.60 bits per heavy atom. The van der Waals surface area contributed by atoms with Crippen molar-refractivity contribution in [3.8, 4) is 0 Å². The van der Waals surface area contributed by atoms with Gasteiger partial charge in [0.2, 0.25) is 0 Å². The van der Waals surface area contributed by atoms with Crippen LogP contribution in [0.25, 0.3) is 0 Å². The summed E-state index contributed by atoms with van der Waals surface area (Å²) in [7, 11) is 0. The molecule has 0 saturated heterocycles. The Bertz CT molecular complexity index is 280. The Morgan fingerprint density at radius 3 is 1.80 bits per heavy atom. The van der Waals surface area contributed by atoms with E-state index in [1.807, 2.05) is 0 Å². The predicted molar refractivity (Wildman–Crippen MR) is 58.6 cm³/mol. The molecule has 82 valence electrons. The Labute approximate surface area is 90.1 Å². The van der Waals surface area contributed by atoms with E-state index in [-0.39, 0.29) is 6.61 Å². The minimum atomic E-state index is -0.424. The lowest BCUT2D eigenvalue weighted by Crippen LogP contribution is -2.00. The van der Waals surface area contributed by atoms with Crippen LogP contribution in [0.1, 0.15) is 18.1 Å². The first-order chi connectivity index (χ1) is 7.06. The van der Waals surface area contributed by atoms with Crippen LogP contribution in [0.5, 0.6) is 0 Å². The first kappa shape index (κ1) is 13.4. The summed E-state index contributed by atoms with van der Waals surface area (Å²) in [6, 6.07) is 8.48. The first-order valence-electron chi connectivity index (χ1n) is 4.66. The molecule has 0 amide bonds. The van der Waals surface area contributed by atoms with E-state index in [2.05, 4.69) is 42.8 Å². The van der Waals surface area contributed by atoms with Crippen LogP contribution in [-0.2, 0) is 14.3 Å². The third kappa shape index (κ3) is 8.68. The average Bonchev–Trinajstić information content (AvgIpc) is 2.20. The van der Waals surface area contributed by atoms with E-state index >= 15 is 0 Å². The normalized spacial score (nSPS) is 8.47. The molecule has 0 N–H and O–H groups in total. The van der Waals surface area contributed by atoms with Gasteiger partial charge in [-0.15, -0.1) is 0 Å². The van der Waals surface area contributed by atoms with Crippen molar-refractivity contribution >= 4 is 12.3 Å². The van der Waals surface area contributed by atoms with Crippen LogP contribution in [0.2, 0.25) is 0 Å². The molecule has 0 aliphatic rings. The molecule has 3 heteroatoms. The molecule has 0 spiro atoms. The van der Waals surface area contributed by atoms with E-state index in [1.165, 1.54) is 18.1 Å². The summed E-state index contributed by atoms with van der Waals surface area (Å²) in [4.78, 5) is 19.3. The average molecular weight is 208 g/mol. The molecule has 0 atom stereocenters. The maximum Gasteiger partial charge on any atom is 0.303 e. The summed E-state index contributed by atoms with van der Waals surface area (Å²) in [5, 5.41) is 0. The number of hydrogen-bond acceptors (Lipinski definition) is 3. The molecule has 15 heavy (non-hydrogen) atoms. The second-order valence-corrected chi connectivity index (χ2v) is 3.12. The molecular weight excluding hydrogens is 192 g/mol. The van der Waals surface area contributed by atoms with Gasteiger partial charge in [0.15, 0.2) is 6.29 Å². The lowest BCUT2D eigenvalue weighted by atomic mass is 10.2. The van der Waals surface area contributed by atoms with Gasteiger partial charge in [0.25, 0.3) is 0 Å². The van der Waals surface area contributed by atoms with E-state index in [1.54, 1.807) is 0 Å². The molecule has 0 radical (unpaired) electrons. The number of ether oxygens (including phenoxy) is 1. The lowest BCUT2D eigenvalue weighted by Gasteiger charge is -1.90. The Kier molecular flexibility index (Phi) is 6.89. The van der Waals surface area contributed by atoms with Crippen LogP contribution in [0.15, 0.2) is 24.3 Å². The minimum Gasteiger partial charge on any atom is -0.458 e. The zero-order valence-corrected chi connectivity index (χ0v) is 9.32. The van der Waals surface area contributed by atoms with Crippen LogP contribution in [0, 0.1) is 13.8 Å². The van der Waals surface area contributed by atoms with Gasteiger partial charge >= 0.3 is 5.97 Å². The summed E-state index contributed by atoms with van der Waals surface area (Å²) in [5.74, 6) is -0.424. The van der Waals surface area contributed by atoms with Gasteiger partial charge in [0.05, 0.1) is 0 Å². The van der Waals surface area contributed by atoms with Crippen molar-refractivity contribution < 1.29 is 14.3 Å². The molecule has 0 unspecified atom stereocenters. The molecule has 1 aromatic carbocycles. The van der Waals surface area contributed by atoms with Crippen molar-refractivity contribution in [1.29, 1.82) is 0 Å². The molecule has 0 aromatic heterocycles. The summed E-state index contributed by atoms with van der Waals surface area (Å²) in [5.41, 5.74) is 2.66. The van der Waals surface area contributed by atoms with Gasteiger partial charge in [-0.3, -0.25) is 9.59 Å². The number of aryl methyl sites for hydroxylation is 2. The highest BCUT2D eigenvalue weighted by atomic mass is 16.5. The third-order valence-corrected chi connectivity index (χ3v) is 1.57. The van der Waals surface area contributed by atoms with Gasteiger partial charge in [0.1, 0.15) is 6.61 Å². The molecule has 1 aromatic rings. The first-order valence-corrected chi connectivity index (χ1v) is 4.66. The van der Waals surface area contributed by atoms with E-state index in [9.17, 15) is 9.59 Å². The Hall–Kier alpha value is -1.64. The van der Waals surface area contributed by atoms with Crippen LogP contribution in [-0.4, -0.2) is 18.9 Å². The summed E-state index contributed by atoms with van der Waals surface area (Å²) in [6.07, 6.45) is 0.529. The molecular formula is C12H16O3. The number of carbonyl (C=O) groups is 2. The van der Waals surface area contributed by atoms with E-state index in [4.69, 9.17) is 0 Å². The molecule has 3 nitrogen and oxygen atoms in total. The van der Waals surface area contributed by atoms with Crippen molar-refractivity contribution in [2.75, 3.05) is 6.61 Å². The molecule has 0 aliphatic carbocycles. The molecule has 0 fully saturated rings. The highest BCUT2D eigenvalue weighted by Crippen LogP contribution is 1.99. The highest BCUT2D eigenvalue weighted by molar-refractivity contribution is 5.68. The second kappa shape index (κ2) is 7.74. The van der Waals surface area contributed by atoms with E-state index in [0.29, 0.717) is 6.29 Å². The monoisotopic (exact) mass is 208 g/mol. The SMILES string of the molecule is CC(=O)OCC=O.Cc1ccc(C)cc1. The maximum atomic E-state index is 9.82. The fourth-order valence-electron chi connectivity index (χ4n) is 0.788. The third-order valence-electron chi connectivity index (χ3n) is 1.57. The zero-order chi connectivity index (χ0) is 11.7. The lowest BCUT2D eigenvalue weighted by molar-refractivity contribution is -0.143. The largest absolute Gasteiger partial charge is 0.458 e. The van der Waals surface area contributed by atoms with Gasteiger partial charge in [-0.05, 0) is 13.8 Å². The summed E-state index contributed by atoms with van der Waals surface area (Å²) < 4.78 is 4.18. The molecule has 0 bridgehead atoms. The summed E-state index contributed by atoms with van der Waals surface area (Å²) >= 11 is 0. The van der Waals surface area contributed by atoms with Gasteiger partial charge in [0, 0.05) is 6.92 Å². The van der Waals surface area contributed by atoms with Crippen LogP contribution >= 0.6 is 0 Å². The van der Waals surface area contributed by atoms with Crippen LogP contribution < -0.4 is 0 Å². The number of hydrogen-bond donors (Lipinski definition) is 0. The van der Waals surface area contributed by atoms with Crippen molar-refractivity contribution in [3.05, 3.63) is 35.4 Å². The van der Waals surface area contributed by atoms with Crippen LogP contribution in [0.3, 0.4) is 0 Å². The molecule has 0 aliphatic heterocycles. The maximum absolute atomic E-state index is 9.82. The quantitative estimate of drug-likeness (QED) is 0.552. The van der Waals surface area contributed by atoms with Gasteiger partial charge in [-0.25, -0.2) is 0 Å². The number of benzene rings is 1. The summed E-state index contributed by atoms with van der Waals surface area (Å²) in [6.45, 7) is 5.32. The number of esters is 1. The smallest absolute Gasteiger partial charge is 0.303 e. The zero-order valence-electron chi connectivity index (χ0n) is 9.32. The van der Waals surface area contributed by atoms with Crippen LogP contribution in [0.4, 0.5) is 0 Å². The van der Waals surface area contributed by atoms with Gasteiger partial charge in [-0.2, -0.15) is 0 Å². The van der Waals surface area contributed by atoms with E-state index in [0.717, 1.165) is 0 Å². The Morgan fingerprint density at radius 1 is 1.20 bits per heavy atom. The van der Waals surface area contributed by atoms with Crippen molar-refractivity contribution in [3.63, 3.8) is 0 Å². The van der Waals surface area contributed by atoms with Gasteiger partial charge in [-0.1, -0.05) is 35.4 Å². The highest BCUT2D eigenvalue weighted by Gasteiger charge is 1.85. The topological polar surface area (TPSA) is 43.4 Å². The van der Waals surface area contributed by atoms with Crippen molar-refractivity contribution in [2.45, 2.75) is 20.8 Å². The van der Waals surface area contributed by atoms with Crippen molar-refractivity contribution in [2.24, 2.45) is 0 Å². The standard InChI is InChI=1S/C8H10.C4H6O3/c1-7-3-5-8(2)6-4-7;1-4(6)7-3-2-5/h3-6H,1-2H3;2H,3H2,1H3. The fourth-order valence-corrected chi connectivity index (χ4v) is 0.788. The number of carbonyl (C=O) groups excluding carboxylic acids is 2. The van der Waals surface area contributed by atoms with E-state index < -0.39 is 5.97 Å². The second-order valence-electron chi connectivity index (χ2n) is 3.12. The minimum absolute atomic E-state index is 0.130. The fraction of sp³-hybridized carbons (Fsp3) is 0.333. The molecule has 1 rings (SSSR count). The molecule has 0 heterocycles. The Balaban J connectivity index is 0.000000265. The number of rotatable bonds is 2. The molecule has 0 saturated carbocycles. The van der Waals surface area contributed by atoms with Crippen molar-refractivity contribution in [1.82, 2.24) is 0 Å².